The Labute approximate surface area is 114 Å². The first kappa shape index (κ1) is 13.1. The second kappa shape index (κ2) is 5.50. The molecule has 96 valence electrons. The minimum atomic E-state index is -0.551. The summed E-state index contributed by atoms with van der Waals surface area (Å²) in [6.45, 7) is 2.68. The van der Waals surface area contributed by atoms with Crippen LogP contribution in [0, 0.1) is 28.4 Å². The van der Waals surface area contributed by atoms with Crippen LogP contribution < -0.4 is 5.32 Å². The fourth-order valence-electron chi connectivity index (χ4n) is 1.66. The summed E-state index contributed by atoms with van der Waals surface area (Å²) >= 11 is 1.69. The predicted molar refractivity (Wildman–Crippen MR) is 74.2 cm³/mol. The molecule has 0 aliphatic heterocycles. The molecule has 0 saturated heterocycles. The third kappa shape index (κ3) is 3.09. The topological polar surface area (TPSA) is 79.0 Å². The molecule has 1 aromatic heterocycles. The number of anilines is 1. The molecule has 2 aromatic rings. The highest BCUT2D eigenvalue weighted by atomic mass is 32.1. The smallest absolute Gasteiger partial charge is 0.287 e. The molecule has 1 heterocycles. The van der Waals surface area contributed by atoms with Gasteiger partial charge in [0.05, 0.1) is 4.92 Å². The monoisotopic (exact) mass is 273 g/mol. The van der Waals surface area contributed by atoms with E-state index >= 15 is 0 Å². The summed E-state index contributed by atoms with van der Waals surface area (Å²) in [6, 6.07) is 10.4. The second-order valence-electron chi connectivity index (χ2n) is 3.97. The third-order valence-corrected chi connectivity index (χ3v) is 3.58. The molecular formula is C13H11N3O2S. The maximum atomic E-state index is 10.7. The molecule has 0 unspecified atom stereocenters. The highest BCUT2D eigenvalue weighted by molar-refractivity contribution is 7.11. The average Bonchev–Trinajstić information content (AvgIpc) is 2.81. The van der Waals surface area contributed by atoms with E-state index in [2.05, 4.69) is 5.32 Å². The molecule has 1 N–H and O–H groups in total. The first-order chi connectivity index (χ1) is 9.10. The van der Waals surface area contributed by atoms with E-state index in [1.165, 1.54) is 21.9 Å². The van der Waals surface area contributed by atoms with Crippen molar-refractivity contribution >= 4 is 22.7 Å². The van der Waals surface area contributed by atoms with Crippen molar-refractivity contribution in [1.82, 2.24) is 0 Å². The van der Waals surface area contributed by atoms with Crippen LogP contribution in [0.1, 0.15) is 15.3 Å². The Morgan fingerprint density at radius 2 is 2.21 bits per heavy atom. The Hall–Kier alpha value is -2.39. The molecule has 0 amide bonds. The molecule has 5 nitrogen and oxygen atoms in total. The number of nitrogens with one attached hydrogen (secondary N) is 1. The highest BCUT2D eigenvalue weighted by Crippen LogP contribution is 2.23. The number of hydrogen-bond donors (Lipinski definition) is 1. The molecule has 0 bridgehead atoms. The lowest BCUT2D eigenvalue weighted by atomic mass is 10.1. The van der Waals surface area contributed by atoms with Gasteiger partial charge in [-0.2, -0.15) is 5.26 Å². The molecule has 1 aromatic carbocycles. The number of nitrogens with zero attached hydrogens (tertiary/aromatic N) is 2. The summed E-state index contributed by atoms with van der Waals surface area (Å²) in [5.41, 5.74) is 0.602. The highest BCUT2D eigenvalue weighted by Gasteiger charge is 2.13. The summed E-state index contributed by atoms with van der Waals surface area (Å²) in [5.74, 6) is 0. The van der Waals surface area contributed by atoms with Crippen molar-refractivity contribution in [2.45, 2.75) is 13.5 Å². The van der Waals surface area contributed by atoms with Crippen LogP contribution in [0.3, 0.4) is 0 Å². The van der Waals surface area contributed by atoms with Crippen LogP contribution >= 0.6 is 11.3 Å². The Bertz CT molecular complexity index is 658. The predicted octanol–water partition coefficient (Wildman–Crippen LogP) is 3.45. The first-order valence-corrected chi connectivity index (χ1v) is 6.39. The second-order valence-corrected chi connectivity index (χ2v) is 5.34. The lowest BCUT2D eigenvalue weighted by Crippen LogP contribution is -1.99. The summed E-state index contributed by atoms with van der Waals surface area (Å²) in [5, 5.41) is 22.8. The molecular weight excluding hydrogens is 262 g/mol. The first-order valence-electron chi connectivity index (χ1n) is 5.58. The van der Waals surface area contributed by atoms with Gasteiger partial charge in [0.15, 0.2) is 0 Å². The van der Waals surface area contributed by atoms with Gasteiger partial charge in [-0.25, -0.2) is 0 Å². The maximum absolute atomic E-state index is 10.7. The van der Waals surface area contributed by atoms with E-state index in [4.69, 9.17) is 5.26 Å². The van der Waals surface area contributed by atoms with E-state index in [-0.39, 0.29) is 11.3 Å². The number of nitro groups is 1. The number of nitro benzene ring substituents is 1. The number of benzene rings is 1. The Balaban J connectivity index is 2.14. The van der Waals surface area contributed by atoms with Gasteiger partial charge in [0.2, 0.25) is 0 Å². The molecule has 0 atom stereocenters. The van der Waals surface area contributed by atoms with Crippen LogP contribution in [-0.4, -0.2) is 4.92 Å². The number of hydrogen-bond acceptors (Lipinski definition) is 5. The van der Waals surface area contributed by atoms with Gasteiger partial charge in [0.25, 0.3) is 5.69 Å². The molecule has 0 spiro atoms. The maximum Gasteiger partial charge on any atom is 0.287 e. The molecule has 2 rings (SSSR count). The van der Waals surface area contributed by atoms with Crippen molar-refractivity contribution in [2.24, 2.45) is 0 Å². The van der Waals surface area contributed by atoms with Gasteiger partial charge in [-0.3, -0.25) is 10.1 Å². The zero-order valence-corrected chi connectivity index (χ0v) is 11.0. The third-order valence-electron chi connectivity index (χ3n) is 2.58. The number of rotatable bonds is 4. The summed E-state index contributed by atoms with van der Waals surface area (Å²) < 4.78 is 0. The summed E-state index contributed by atoms with van der Waals surface area (Å²) in [7, 11) is 0. The molecule has 0 aliphatic carbocycles. The van der Waals surface area contributed by atoms with Gasteiger partial charge in [0, 0.05) is 28.1 Å². The van der Waals surface area contributed by atoms with Crippen molar-refractivity contribution in [3.8, 4) is 6.07 Å². The summed E-state index contributed by atoms with van der Waals surface area (Å²) in [4.78, 5) is 12.6. The van der Waals surface area contributed by atoms with E-state index in [0.717, 1.165) is 0 Å². The van der Waals surface area contributed by atoms with Crippen molar-refractivity contribution < 1.29 is 4.92 Å². The SMILES string of the molecule is Cc1ccc(CNc2ccc([N+](=O)[O-])c(C#N)c2)s1. The number of nitriles is 1. The van der Waals surface area contributed by atoms with Crippen LogP contribution in [-0.2, 0) is 6.54 Å². The molecule has 6 heteroatoms. The Kier molecular flexibility index (Phi) is 3.78. The lowest BCUT2D eigenvalue weighted by molar-refractivity contribution is -0.385. The molecule has 0 fully saturated rings. The number of thiophene rings is 1. The minimum absolute atomic E-state index is 0.0670. The van der Waals surface area contributed by atoms with Crippen molar-refractivity contribution in [1.29, 1.82) is 5.26 Å². The Morgan fingerprint density at radius 1 is 1.42 bits per heavy atom. The quantitative estimate of drug-likeness (QED) is 0.683. The van der Waals surface area contributed by atoms with E-state index in [1.54, 1.807) is 17.4 Å². The summed E-state index contributed by atoms with van der Waals surface area (Å²) in [6.07, 6.45) is 0. The van der Waals surface area contributed by atoms with Crippen LogP contribution in [0.4, 0.5) is 11.4 Å². The van der Waals surface area contributed by atoms with Crippen molar-refractivity contribution in [3.63, 3.8) is 0 Å². The van der Waals surface area contributed by atoms with Crippen LogP contribution in [0.25, 0.3) is 0 Å². The normalized spacial score (nSPS) is 9.89. The average molecular weight is 273 g/mol. The zero-order chi connectivity index (χ0) is 13.8. The van der Waals surface area contributed by atoms with E-state index < -0.39 is 4.92 Å². The van der Waals surface area contributed by atoms with Crippen LogP contribution in [0.5, 0.6) is 0 Å². The van der Waals surface area contributed by atoms with E-state index in [9.17, 15) is 10.1 Å². The fourth-order valence-corrected chi connectivity index (χ4v) is 2.49. The van der Waals surface area contributed by atoms with Gasteiger partial charge >= 0.3 is 0 Å². The molecule has 0 aliphatic rings. The molecule has 0 saturated carbocycles. The number of aryl methyl sites for hydroxylation is 1. The largest absolute Gasteiger partial charge is 0.380 e. The standard InChI is InChI=1S/C13H11N3O2S/c1-9-2-4-12(19-9)8-15-11-3-5-13(16(17)18)10(6-11)7-14/h2-6,15H,8H2,1H3. The van der Waals surface area contributed by atoms with E-state index in [1.807, 2.05) is 25.1 Å². The van der Waals surface area contributed by atoms with Crippen LogP contribution in [0.15, 0.2) is 30.3 Å². The van der Waals surface area contributed by atoms with Gasteiger partial charge in [-0.15, -0.1) is 11.3 Å². The zero-order valence-electron chi connectivity index (χ0n) is 10.2. The minimum Gasteiger partial charge on any atom is -0.380 e. The van der Waals surface area contributed by atoms with E-state index in [0.29, 0.717) is 12.2 Å². The lowest BCUT2D eigenvalue weighted by Gasteiger charge is -2.05. The van der Waals surface area contributed by atoms with Gasteiger partial charge in [0.1, 0.15) is 11.6 Å². The fraction of sp³-hybridized carbons (Fsp3) is 0.154. The van der Waals surface area contributed by atoms with Crippen molar-refractivity contribution in [3.05, 3.63) is 55.8 Å². The van der Waals surface area contributed by atoms with Crippen LogP contribution in [0.2, 0.25) is 0 Å². The van der Waals surface area contributed by atoms with Gasteiger partial charge in [-0.05, 0) is 31.2 Å². The Morgan fingerprint density at radius 3 is 2.79 bits per heavy atom. The van der Waals surface area contributed by atoms with Gasteiger partial charge in [-0.1, -0.05) is 0 Å². The van der Waals surface area contributed by atoms with Crippen molar-refractivity contribution in [2.75, 3.05) is 5.32 Å². The molecule has 19 heavy (non-hydrogen) atoms. The molecule has 0 radical (unpaired) electrons. The van der Waals surface area contributed by atoms with Gasteiger partial charge < -0.3 is 5.32 Å².